The summed E-state index contributed by atoms with van der Waals surface area (Å²) in [5.41, 5.74) is 2.20. The second-order valence-electron chi connectivity index (χ2n) is 4.56. The van der Waals surface area contributed by atoms with Gasteiger partial charge in [0.2, 0.25) is 0 Å². The third-order valence-electron chi connectivity index (χ3n) is 2.84. The van der Waals surface area contributed by atoms with E-state index in [1.807, 2.05) is 43.3 Å². The minimum atomic E-state index is -0.247. The van der Waals surface area contributed by atoms with Crippen LogP contribution in [0.5, 0.6) is 0 Å². The van der Waals surface area contributed by atoms with Crippen molar-refractivity contribution in [2.24, 2.45) is 0 Å². The Labute approximate surface area is 129 Å². The SMILES string of the molecule is CN(C)c1ccc(NC(=O)c2cc(S)ccc2Cl)cc1. The molecule has 1 N–H and O–H groups in total. The molecule has 0 unspecified atom stereocenters. The highest BCUT2D eigenvalue weighted by Gasteiger charge is 2.11. The molecule has 2 aromatic rings. The Morgan fingerprint density at radius 1 is 1.15 bits per heavy atom. The fraction of sp³-hybridized carbons (Fsp3) is 0.133. The number of hydrogen-bond acceptors (Lipinski definition) is 3. The zero-order chi connectivity index (χ0) is 14.7. The summed E-state index contributed by atoms with van der Waals surface area (Å²) in [5.74, 6) is -0.247. The molecule has 5 heteroatoms. The molecule has 0 aliphatic rings. The zero-order valence-electron chi connectivity index (χ0n) is 11.2. The molecule has 0 bridgehead atoms. The Morgan fingerprint density at radius 3 is 2.40 bits per heavy atom. The molecule has 0 saturated heterocycles. The number of benzene rings is 2. The number of thiol groups is 1. The first-order chi connectivity index (χ1) is 9.47. The minimum absolute atomic E-state index is 0.247. The number of nitrogens with one attached hydrogen (secondary N) is 1. The fourth-order valence-electron chi connectivity index (χ4n) is 1.73. The van der Waals surface area contributed by atoms with Crippen molar-refractivity contribution in [1.82, 2.24) is 0 Å². The fourth-order valence-corrected chi connectivity index (χ4v) is 2.14. The molecule has 1 amide bonds. The summed E-state index contributed by atoms with van der Waals surface area (Å²) in [6.45, 7) is 0. The second kappa shape index (κ2) is 6.20. The molecule has 0 heterocycles. The van der Waals surface area contributed by atoms with Gasteiger partial charge in [-0.15, -0.1) is 12.6 Å². The molecule has 0 aliphatic heterocycles. The van der Waals surface area contributed by atoms with Crippen LogP contribution in [-0.4, -0.2) is 20.0 Å². The Bertz CT molecular complexity index is 626. The van der Waals surface area contributed by atoms with Crippen LogP contribution in [-0.2, 0) is 0 Å². The first-order valence-electron chi connectivity index (χ1n) is 6.04. The lowest BCUT2D eigenvalue weighted by Gasteiger charge is -2.13. The molecule has 0 spiro atoms. The van der Waals surface area contributed by atoms with Crippen molar-refractivity contribution in [3.05, 3.63) is 53.1 Å². The number of nitrogens with zero attached hydrogens (tertiary/aromatic N) is 1. The van der Waals surface area contributed by atoms with Crippen LogP contribution in [0.2, 0.25) is 5.02 Å². The van der Waals surface area contributed by atoms with E-state index in [-0.39, 0.29) is 5.91 Å². The Hall–Kier alpha value is -1.65. The van der Waals surface area contributed by atoms with Crippen molar-refractivity contribution in [3.8, 4) is 0 Å². The van der Waals surface area contributed by atoms with E-state index in [0.717, 1.165) is 11.4 Å². The number of rotatable bonds is 3. The number of hydrogen-bond donors (Lipinski definition) is 2. The average Bonchev–Trinajstić information content (AvgIpc) is 2.42. The number of halogens is 1. The normalized spacial score (nSPS) is 10.2. The van der Waals surface area contributed by atoms with E-state index < -0.39 is 0 Å². The molecule has 2 aromatic carbocycles. The Balaban J connectivity index is 2.17. The van der Waals surface area contributed by atoms with Crippen LogP contribution in [0.4, 0.5) is 11.4 Å². The highest BCUT2D eigenvalue weighted by Crippen LogP contribution is 2.22. The molecule has 0 saturated carbocycles. The van der Waals surface area contributed by atoms with Crippen molar-refractivity contribution in [2.45, 2.75) is 4.90 Å². The van der Waals surface area contributed by atoms with Gasteiger partial charge in [-0.1, -0.05) is 11.6 Å². The van der Waals surface area contributed by atoms with E-state index in [2.05, 4.69) is 17.9 Å². The van der Waals surface area contributed by atoms with Crippen molar-refractivity contribution >= 4 is 41.5 Å². The van der Waals surface area contributed by atoms with Crippen molar-refractivity contribution in [2.75, 3.05) is 24.3 Å². The Morgan fingerprint density at radius 2 is 1.80 bits per heavy atom. The number of amides is 1. The molecule has 0 radical (unpaired) electrons. The van der Waals surface area contributed by atoms with E-state index in [9.17, 15) is 4.79 Å². The smallest absolute Gasteiger partial charge is 0.257 e. The highest BCUT2D eigenvalue weighted by atomic mass is 35.5. The molecule has 20 heavy (non-hydrogen) atoms. The maximum Gasteiger partial charge on any atom is 0.257 e. The van der Waals surface area contributed by atoms with E-state index in [1.165, 1.54) is 0 Å². The van der Waals surface area contributed by atoms with E-state index in [1.54, 1.807) is 18.2 Å². The van der Waals surface area contributed by atoms with Crippen LogP contribution >= 0.6 is 24.2 Å². The molecule has 0 atom stereocenters. The summed E-state index contributed by atoms with van der Waals surface area (Å²) in [5, 5.41) is 3.22. The quantitative estimate of drug-likeness (QED) is 0.842. The molecule has 2 rings (SSSR count). The minimum Gasteiger partial charge on any atom is -0.378 e. The van der Waals surface area contributed by atoms with Gasteiger partial charge in [-0.2, -0.15) is 0 Å². The molecule has 104 valence electrons. The lowest BCUT2D eigenvalue weighted by atomic mass is 10.2. The van der Waals surface area contributed by atoms with Gasteiger partial charge in [0, 0.05) is 30.4 Å². The standard InChI is InChI=1S/C15H15ClN2OS/c1-18(2)11-5-3-10(4-6-11)17-15(19)13-9-12(20)7-8-14(13)16/h3-9,20H,1-2H3,(H,17,19). The topological polar surface area (TPSA) is 32.3 Å². The number of carbonyl (C=O) groups is 1. The van der Waals surface area contributed by atoms with Gasteiger partial charge in [-0.3, -0.25) is 4.79 Å². The van der Waals surface area contributed by atoms with Gasteiger partial charge < -0.3 is 10.2 Å². The largest absolute Gasteiger partial charge is 0.378 e. The Kier molecular flexibility index (Phi) is 4.57. The predicted octanol–water partition coefficient (Wildman–Crippen LogP) is 3.95. The van der Waals surface area contributed by atoms with Gasteiger partial charge in [0.05, 0.1) is 10.6 Å². The van der Waals surface area contributed by atoms with Crippen molar-refractivity contribution < 1.29 is 4.79 Å². The first kappa shape index (κ1) is 14.8. The van der Waals surface area contributed by atoms with E-state index in [4.69, 9.17) is 11.6 Å². The van der Waals surface area contributed by atoms with Gasteiger partial charge in [0.15, 0.2) is 0 Å². The summed E-state index contributed by atoms with van der Waals surface area (Å²) < 4.78 is 0. The third kappa shape index (κ3) is 3.46. The molecular weight excluding hydrogens is 292 g/mol. The van der Waals surface area contributed by atoms with Gasteiger partial charge in [0.1, 0.15) is 0 Å². The monoisotopic (exact) mass is 306 g/mol. The van der Waals surface area contributed by atoms with Crippen molar-refractivity contribution in [3.63, 3.8) is 0 Å². The average molecular weight is 307 g/mol. The zero-order valence-corrected chi connectivity index (χ0v) is 12.9. The predicted molar refractivity (Wildman–Crippen MR) is 87.4 cm³/mol. The maximum absolute atomic E-state index is 12.2. The van der Waals surface area contributed by atoms with Crippen LogP contribution < -0.4 is 10.2 Å². The summed E-state index contributed by atoms with van der Waals surface area (Å²) >= 11 is 10.2. The molecule has 3 nitrogen and oxygen atoms in total. The molecule has 0 fully saturated rings. The lowest BCUT2D eigenvalue weighted by Crippen LogP contribution is -2.13. The summed E-state index contributed by atoms with van der Waals surface area (Å²) in [6.07, 6.45) is 0. The maximum atomic E-state index is 12.2. The molecular formula is C15H15ClN2OS. The van der Waals surface area contributed by atoms with Gasteiger partial charge in [-0.05, 0) is 42.5 Å². The summed E-state index contributed by atoms with van der Waals surface area (Å²) in [6, 6.07) is 12.6. The second-order valence-corrected chi connectivity index (χ2v) is 5.48. The number of anilines is 2. The van der Waals surface area contributed by atoms with Crippen LogP contribution in [0, 0.1) is 0 Å². The molecule has 0 aromatic heterocycles. The van der Waals surface area contributed by atoms with Crippen LogP contribution in [0.3, 0.4) is 0 Å². The summed E-state index contributed by atoms with van der Waals surface area (Å²) in [7, 11) is 3.93. The van der Waals surface area contributed by atoms with Gasteiger partial charge in [-0.25, -0.2) is 0 Å². The third-order valence-corrected chi connectivity index (χ3v) is 3.44. The molecule has 0 aliphatic carbocycles. The van der Waals surface area contributed by atoms with Crippen LogP contribution in [0.25, 0.3) is 0 Å². The van der Waals surface area contributed by atoms with Gasteiger partial charge >= 0.3 is 0 Å². The van der Waals surface area contributed by atoms with E-state index in [0.29, 0.717) is 15.5 Å². The van der Waals surface area contributed by atoms with Crippen LogP contribution in [0.15, 0.2) is 47.4 Å². The summed E-state index contributed by atoms with van der Waals surface area (Å²) in [4.78, 5) is 14.9. The lowest BCUT2D eigenvalue weighted by molar-refractivity contribution is 0.102. The van der Waals surface area contributed by atoms with Crippen LogP contribution in [0.1, 0.15) is 10.4 Å². The highest BCUT2D eigenvalue weighted by molar-refractivity contribution is 7.80. The van der Waals surface area contributed by atoms with Gasteiger partial charge in [0.25, 0.3) is 5.91 Å². The number of carbonyl (C=O) groups excluding carboxylic acids is 1. The van der Waals surface area contributed by atoms with Crippen molar-refractivity contribution in [1.29, 1.82) is 0 Å². The van der Waals surface area contributed by atoms with E-state index >= 15 is 0 Å². The first-order valence-corrected chi connectivity index (χ1v) is 6.87.